The number of hydrogen-bond donors (Lipinski definition) is 1. The molecular formula is C14H27NO2. The third-order valence-corrected chi connectivity index (χ3v) is 3.61. The van der Waals surface area contributed by atoms with Crippen LogP contribution in [0, 0.1) is 0 Å². The van der Waals surface area contributed by atoms with E-state index in [4.69, 9.17) is 9.47 Å². The molecule has 0 spiro atoms. The summed E-state index contributed by atoms with van der Waals surface area (Å²) in [6.45, 7) is 4.96. The molecule has 3 nitrogen and oxygen atoms in total. The van der Waals surface area contributed by atoms with Crippen LogP contribution in [0.2, 0.25) is 0 Å². The van der Waals surface area contributed by atoms with Crippen molar-refractivity contribution in [1.82, 2.24) is 5.32 Å². The molecule has 0 aromatic heterocycles. The van der Waals surface area contributed by atoms with E-state index in [9.17, 15) is 0 Å². The van der Waals surface area contributed by atoms with Crippen LogP contribution in [0.3, 0.4) is 0 Å². The molecule has 0 aromatic carbocycles. The molecule has 1 aliphatic carbocycles. The molecule has 1 heterocycles. The normalized spacial score (nSPS) is 27.0. The first kappa shape index (κ1) is 13.3. The van der Waals surface area contributed by atoms with Gasteiger partial charge < -0.3 is 14.8 Å². The molecule has 0 aromatic rings. The van der Waals surface area contributed by atoms with Crippen LogP contribution >= 0.6 is 0 Å². The highest BCUT2D eigenvalue weighted by atomic mass is 16.5. The van der Waals surface area contributed by atoms with Crippen LogP contribution in [-0.4, -0.2) is 38.0 Å². The summed E-state index contributed by atoms with van der Waals surface area (Å²) in [6.07, 6.45) is 9.49. The van der Waals surface area contributed by atoms with Crippen molar-refractivity contribution in [2.75, 3.05) is 19.8 Å². The fraction of sp³-hybridized carbons (Fsp3) is 1.00. The summed E-state index contributed by atoms with van der Waals surface area (Å²) in [5, 5.41) is 3.56. The molecule has 2 unspecified atom stereocenters. The van der Waals surface area contributed by atoms with Crippen LogP contribution in [0.5, 0.6) is 0 Å². The SMILES string of the molecule is CCCC(CNC1CC1)OCC1CCCCO1. The molecule has 1 N–H and O–H groups in total. The fourth-order valence-electron chi connectivity index (χ4n) is 2.33. The third-order valence-electron chi connectivity index (χ3n) is 3.61. The van der Waals surface area contributed by atoms with Gasteiger partial charge in [-0.2, -0.15) is 0 Å². The van der Waals surface area contributed by atoms with Crippen LogP contribution in [0.15, 0.2) is 0 Å². The third kappa shape index (κ3) is 5.36. The van der Waals surface area contributed by atoms with Crippen molar-refractivity contribution in [3.8, 4) is 0 Å². The molecule has 1 saturated carbocycles. The molecule has 0 bridgehead atoms. The number of hydrogen-bond acceptors (Lipinski definition) is 3. The Labute approximate surface area is 105 Å². The summed E-state index contributed by atoms with van der Waals surface area (Å²) in [5.41, 5.74) is 0. The zero-order valence-corrected chi connectivity index (χ0v) is 11.1. The first-order chi connectivity index (χ1) is 8.38. The lowest BCUT2D eigenvalue weighted by Gasteiger charge is -2.25. The maximum atomic E-state index is 6.01. The highest BCUT2D eigenvalue weighted by Gasteiger charge is 2.22. The van der Waals surface area contributed by atoms with E-state index in [-0.39, 0.29) is 0 Å². The Balaban J connectivity index is 1.60. The lowest BCUT2D eigenvalue weighted by Crippen LogP contribution is -2.34. The van der Waals surface area contributed by atoms with Crippen molar-refractivity contribution in [3.63, 3.8) is 0 Å². The Morgan fingerprint density at radius 2 is 2.18 bits per heavy atom. The molecule has 2 aliphatic rings. The summed E-state index contributed by atoms with van der Waals surface area (Å²) in [7, 11) is 0. The Hall–Kier alpha value is -0.120. The minimum Gasteiger partial charge on any atom is -0.376 e. The topological polar surface area (TPSA) is 30.5 Å². The fourth-order valence-corrected chi connectivity index (χ4v) is 2.33. The molecular weight excluding hydrogens is 214 g/mol. The summed E-state index contributed by atoms with van der Waals surface area (Å²) in [5.74, 6) is 0. The van der Waals surface area contributed by atoms with E-state index in [0.717, 1.165) is 32.2 Å². The maximum Gasteiger partial charge on any atom is 0.0808 e. The van der Waals surface area contributed by atoms with Gasteiger partial charge >= 0.3 is 0 Å². The summed E-state index contributed by atoms with van der Waals surface area (Å²) in [4.78, 5) is 0. The predicted molar refractivity (Wildman–Crippen MR) is 69.3 cm³/mol. The van der Waals surface area contributed by atoms with E-state index in [2.05, 4.69) is 12.2 Å². The Kier molecular flexibility index (Phi) is 5.75. The Bertz CT molecular complexity index is 200. The zero-order chi connectivity index (χ0) is 11.9. The van der Waals surface area contributed by atoms with Crippen LogP contribution in [-0.2, 0) is 9.47 Å². The molecule has 0 amide bonds. The maximum absolute atomic E-state index is 6.01. The van der Waals surface area contributed by atoms with Gasteiger partial charge in [0.1, 0.15) is 0 Å². The van der Waals surface area contributed by atoms with E-state index in [1.165, 1.54) is 38.5 Å². The van der Waals surface area contributed by atoms with E-state index in [1.54, 1.807) is 0 Å². The molecule has 2 fully saturated rings. The van der Waals surface area contributed by atoms with E-state index < -0.39 is 0 Å². The van der Waals surface area contributed by atoms with E-state index in [0.29, 0.717) is 12.2 Å². The van der Waals surface area contributed by atoms with Crippen molar-refractivity contribution in [3.05, 3.63) is 0 Å². The van der Waals surface area contributed by atoms with Gasteiger partial charge in [0, 0.05) is 19.2 Å². The molecule has 3 heteroatoms. The van der Waals surface area contributed by atoms with Crippen LogP contribution in [0.1, 0.15) is 51.9 Å². The van der Waals surface area contributed by atoms with Gasteiger partial charge in [-0.25, -0.2) is 0 Å². The quantitative estimate of drug-likeness (QED) is 0.708. The van der Waals surface area contributed by atoms with Gasteiger partial charge in [0.15, 0.2) is 0 Å². The zero-order valence-electron chi connectivity index (χ0n) is 11.1. The molecule has 2 atom stereocenters. The highest BCUT2D eigenvalue weighted by Crippen LogP contribution is 2.19. The smallest absolute Gasteiger partial charge is 0.0808 e. The molecule has 17 heavy (non-hydrogen) atoms. The Morgan fingerprint density at radius 1 is 1.29 bits per heavy atom. The average Bonchev–Trinajstić information content (AvgIpc) is 3.18. The number of rotatable bonds is 8. The minimum atomic E-state index is 0.351. The van der Waals surface area contributed by atoms with Crippen molar-refractivity contribution >= 4 is 0 Å². The first-order valence-electron chi connectivity index (χ1n) is 7.35. The molecule has 100 valence electrons. The van der Waals surface area contributed by atoms with Crippen LogP contribution in [0.25, 0.3) is 0 Å². The lowest BCUT2D eigenvalue weighted by molar-refractivity contribution is -0.0640. The van der Waals surface area contributed by atoms with E-state index in [1.807, 2.05) is 0 Å². The Morgan fingerprint density at radius 3 is 2.82 bits per heavy atom. The largest absolute Gasteiger partial charge is 0.376 e. The second kappa shape index (κ2) is 7.34. The van der Waals surface area contributed by atoms with Gasteiger partial charge in [-0.15, -0.1) is 0 Å². The monoisotopic (exact) mass is 241 g/mol. The highest BCUT2D eigenvalue weighted by molar-refractivity contribution is 4.82. The average molecular weight is 241 g/mol. The number of nitrogens with one attached hydrogen (secondary N) is 1. The minimum absolute atomic E-state index is 0.351. The molecule has 1 aliphatic heterocycles. The number of ether oxygens (including phenoxy) is 2. The van der Waals surface area contributed by atoms with Gasteiger partial charge in [0.05, 0.1) is 18.8 Å². The van der Waals surface area contributed by atoms with Crippen molar-refractivity contribution in [1.29, 1.82) is 0 Å². The van der Waals surface area contributed by atoms with Crippen LogP contribution in [0.4, 0.5) is 0 Å². The summed E-state index contributed by atoms with van der Waals surface area (Å²) >= 11 is 0. The van der Waals surface area contributed by atoms with Gasteiger partial charge in [-0.05, 0) is 38.5 Å². The lowest BCUT2D eigenvalue weighted by atomic mass is 10.1. The van der Waals surface area contributed by atoms with Crippen LogP contribution < -0.4 is 5.32 Å². The van der Waals surface area contributed by atoms with E-state index >= 15 is 0 Å². The summed E-state index contributed by atoms with van der Waals surface area (Å²) in [6, 6.07) is 0.781. The first-order valence-corrected chi connectivity index (χ1v) is 7.35. The van der Waals surface area contributed by atoms with Gasteiger partial charge in [0.2, 0.25) is 0 Å². The predicted octanol–water partition coefficient (Wildman–Crippen LogP) is 2.49. The van der Waals surface area contributed by atoms with Gasteiger partial charge in [-0.3, -0.25) is 0 Å². The molecule has 1 saturated heterocycles. The second-order valence-electron chi connectivity index (χ2n) is 5.42. The molecule has 2 rings (SSSR count). The standard InChI is InChI=1S/C14H27NO2/c1-2-5-13(10-15-12-7-8-12)17-11-14-6-3-4-9-16-14/h12-15H,2-11H2,1H3. The van der Waals surface area contributed by atoms with Gasteiger partial charge in [0.25, 0.3) is 0 Å². The molecule has 0 radical (unpaired) electrons. The van der Waals surface area contributed by atoms with Crippen molar-refractivity contribution < 1.29 is 9.47 Å². The van der Waals surface area contributed by atoms with Gasteiger partial charge in [-0.1, -0.05) is 13.3 Å². The second-order valence-corrected chi connectivity index (χ2v) is 5.42. The van der Waals surface area contributed by atoms with Crippen molar-refractivity contribution in [2.24, 2.45) is 0 Å². The summed E-state index contributed by atoms with van der Waals surface area (Å²) < 4.78 is 11.7. The van der Waals surface area contributed by atoms with Crippen molar-refractivity contribution in [2.45, 2.75) is 70.1 Å².